The molecule has 0 spiro atoms. The maximum Gasteiger partial charge on any atom is 0.264 e. The molecule has 0 bridgehead atoms. The van der Waals surface area contributed by atoms with Gasteiger partial charge in [-0.1, -0.05) is 54.9 Å². The van der Waals surface area contributed by atoms with Crippen molar-refractivity contribution in [2.75, 3.05) is 6.26 Å². The van der Waals surface area contributed by atoms with Gasteiger partial charge in [0.25, 0.3) is 5.91 Å². The number of amides is 1. The Bertz CT molecular complexity index is 1780. The molecule has 0 aliphatic carbocycles. The first-order chi connectivity index (χ1) is 18.1. The monoisotopic (exact) mass is 549 g/mol. The molecule has 0 saturated heterocycles. The number of aryl methyl sites for hydroxylation is 2. The van der Waals surface area contributed by atoms with Crippen molar-refractivity contribution in [3.63, 3.8) is 0 Å². The number of benzene rings is 3. The van der Waals surface area contributed by atoms with Gasteiger partial charge in [-0.15, -0.1) is 10.2 Å². The van der Waals surface area contributed by atoms with Crippen LogP contribution in [0.15, 0.2) is 54.6 Å². The number of fused-ring (bicyclic) bond motifs is 1. The summed E-state index contributed by atoms with van der Waals surface area (Å²) in [6.45, 7) is 4.27. The van der Waals surface area contributed by atoms with Crippen LogP contribution in [0.2, 0.25) is 5.02 Å². The zero-order valence-electron chi connectivity index (χ0n) is 20.9. The third kappa shape index (κ3) is 5.02. The second kappa shape index (κ2) is 9.99. The first kappa shape index (κ1) is 25.6. The van der Waals surface area contributed by atoms with Crippen LogP contribution in [0.25, 0.3) is 33.5 Å². The zero-order valence-corrected chi connectivity index (χ0v) is 22.4. The molecule has 5 rings (SSSR count). The maximum absolute atomic E-state index is 12.6. The summed E-state index contributed by atoms with van der Waals surface area (Å²) in [5.74, 6) is 0.627. The number of H-pyrrole nitrogens is 1. The van der Waals surface area contributed by atoms with Crippen LogP contribution >= 0.6 is 11.6 Å². The highest BCUT2D eigenvalue weighted by molar-refractivity contribution is 7.89. The lowest BCUT2D eigenvalue weighted by Gasteiger charge is -2.13. The molecule has 0 fully saturated rings. The van der Waals surface area contributed by atoms with Gasteiger partial charge >= 0.3 is 0 Å². The van der Waals surface area contributed by atoms with Gasteiger partial charge in [-0.2, -0.15) is 5.21 Å². The van der Waals surface area contributed by atoms with Crippen molar-refractivity contribution in [2.45, 2.75) is 26.8 Å². The number of halogens is 1. The predicted octanol–water partition coefficient (Wildman–Crippen LogP) is 4.15. The van der Waals surface area contributed by atoms with Crippen LogP contribution in [0.1, 0.15) is 34.2 Å². The number of hydrogen-bond donors (Lipinski definition) is 2. The van der Waals surface area contributed by atoms with Gasteiger partial charge in [-0.3, -0.25) is 4.79 Å². The SMILES string of the molecule is CCc1nc2c(C)cc(C(=O)NS(C)(=O)=O)cc2n1Cc1ccc(-c2ccccc2-c2nn[nH]n2)cc1Cl. The van der Waals surface area contributed by atoms with Crippen molar-refractivity contribution in [2.24, 2.45) is 0 Å². The van der Waals surface area contributed by atoms with Crippen molar-refractivity contribution in [1.82, 2.24) is 34.9 Å². The van der Waals surface area contributed by atoms with Crippen LogP contribution in [-0.2, 0) is 23.0 Å². The molecule has 0 aliphatic rings. The van der Waals surface area contributed by atoms with E-state index in [4.69, 9.17) is 16.6 Å². The Morgan fingerprint density at radius 2 is 1.87 bits per heavy atom. The minimum atomic E-state index is -3.70. The number of sulfonamides is 1. The van der Waals surface area contributed by atoms with E-state index in [0.717, 1.165) is 50.9 Å². The van der Waals surface area contributed by atoms with Gasteiger partial charge in [0, 0.05) is 22.6 Å². The smallest absolute Gasteiger partial charge is 0.264 e. The van der Waals surface area contributed by atoms with E-state index in [9.17, 15) is 13.2 Å². The van der Waals surface area contributed by atoms with Gasteiger partial charge in [0.1, 0.15) is 5.82 Å². The standard InChI is InChI=1S/C26H24ClN7O3S/c1-4-23-28-24-15(2)11-18(26(35)31-38(3,36)37)13-22(24)34(23)14-17-10-9-16(12-21(17)27)19-7-5-6-8-20(19)25-29-32-33-30-25/h5-13H,4,14H2,1-3H3,(H,31,35)(H,29,30,32,33). The summed E-state index contributed by atoms with van der Waals surface area (Å²) in [6.07, 6.45) is 1.61. The highest BCUT2D eigenvalue weighted by Crippen LogP contribution is 2.33. The van der Waals surface area contributed by atoms with Crippen LogP contribution in [0.5, 0.6) is 0 Å². The Balaban J connectivity index is 1.54. The second-order valence-electron chi connectivity index (χ2n) is 8.92. The number of nitrogens with one attached hydrogen (secondary N) is 2. The van der Waals surface area contributed by atoms with Crippen LogP contribution in [0, 0.1) is 6.92 Å². The van der Waals surface area contributed by atoms with Gasteiger partial charge in [0.2, 0.25) is 15.8 Å². The molecule has 0 saturated carbocycles. The summed E-state index contributed by atoms with van der Waals surface area (Å²) >= 11 is 6.79. The Morgan fingerprint density at radius 1 is 1.11 bits per heavy atom. The van der Waals surface area contributed by atoms with Crippen LogP contribution in [0.3, 0.4) is 0 Å². The third-order valence-electron chi connectivity index (χ3n) is 6.19. The molecule has 0 radical (unpaired) electrons. The lowest BCUT2D eigenvalue weighted by Crippen LogP contribution is -2.29. The predicted molar refractivity (Wildman–Crippen MR) is 145 cm³/mol. The van der Waals surface area contributed by atoms with Crippen molar-refractivity contribution >= 4 is 38.6 Å². The number of nitrogens with zero attached hydrogens (tertiary/aromatic N) is 5. The van der Waals surface area contributed by atoms with Crippen LogP contribution in [0.4, 0.5) is 0 Å². The fourth-order valence-electron chi connectivity index (χ4n) is 4.46. The molecule has 2 heterocycles. The van der Waals surface area contributed by atoms with Crippen molar-refractivity contribution in [1.29, 1.82) is 0 Å². The Labute approximate surface area is 224 Å². The summed E-state index contributed by atoms with van der Waals surface area (Å²) in [7, 11) is -3.70. The zero-order chi connectivity index (χ0) is 27.0. The van der Waals surface area contributed by atoms with E-state index in [0.29, 0.717) is 23.8 Å². The average molecular weight is 550 g/mol. The van der Waals surface area contributed by atoms with Crippen molar-refractivity contribution < 1.29 is 13.2 Å². The molecule has 5 aromatic rings. The van der Waals surface area contributed by atoms with Gasteiger partial charge in [0.15, 0.2) is 0 Å². The highest BCUT2D eigenvalue weighted by atomic mass is 35.5. The number of tetrazole rings is 1. The molecule has 2 aromatic heterocycles. The molecule has 1 amide bonds. The molecular formula is C26H24ClN7O3S. The quantitative estimate of drug-likeness (QED) is 0.311. The number of aromatic amines is 1. The van der Waals surface area contributed by atoms with E-state index in [1.165, 1.54) is 0 Å². The highest BCUT2D eigenvalue weighted by Gasteiger charge is 2.19. The summed E-state index contributed by atoms with van der Waals surface area (Å²) in [4.78, 5) is 17.4. The molecule has 0 unspecified atom stereocenters. The summed E-state index contributed by atoms with van der Waals surface area (Å²) in [5, 5.41) is 14.9. The molecule has 0 atom stereocenters. The first-order valence-corrected chi connectivity index (χ1v) is 14.0. The summed E-state index contributed by atoms with van der Waals surface area (Å²) in [5.41, 5.74) is 6.00. The summed E-state index contributed by atoms with van der Waals surface area (Å²) < 4.78 is 27.2. The molecule has 0 aliphatic heterocycles. The largest absolute Gasteiger partial charge is 0.323 e. The van der Waals surface area contributed by atoms with E-state index < -0.39 is 15.9 Å². The lowest BCUT2D eigenvalue weighted by molar-refractivity contribution is 0.0981. The molecule has 10 nitrogen and oxygen atoms in total. The number of aromatic nitrogens is 6. The van der Waals surface area contributed by atoms with Crippen molar-refractivity contribution in [3.05, 3.63) is 82.1 Å². The van der Waals surface area contributed by atoms with E-state index in [2.05, 4.69) is 20.6 Å². The van der Waals surface area contributed by atoms with Gasteiger partial charge in [0.05, 0.1) is 23.8 Å². The summed E-state index contributed by atoms with van der Waals surface area (Å²) in [6, 6.07) is 16.9. The molecule has 2 N–H and O–H groups in total. The fourth-order valence-corrected chi connectivity index (χ4v) is 5.16. The molecule has 12 heteroatoms. The van der Waals surface area contributed by atoms with E-state index in [-0.39, 0.29) is 5.56 Å². The number of hydrogen-bond acceptors (Lipinski definition) is 7. The molecule has 38 heavy (non-hydrogen) atoms. The topological polar surface area (TPSA) is 136 Å². The maximum atomic E-state index is 12.6. The second-order valence-corrected chi connectivity index (χ2v) is 11.1. The average Bonchev–Trinajstić information content (AvgIpc) is 3.53. The van der Waals surface area contributed by atoms with E-state index in [1.807, 2.05) is 65.6 Å². The van der Waals surface area contributed by atoms with E-state index in [1.54, 1.807) is 12.1 Å². The Morgan fingerprint density at radius 3 is 2.53 bits per heavy atom. The molecular weight excluding hydrogens is 526 g/mol. The normalized spacial score (nSPS) is 11.7. The van der Waals surface area contributed by atoms with Crippen molar-refractivity contribution in [3.8, 4) is 22.5 Å². The first-order valence-electron chi connectivity index (χ1n) is 11.8. The number of imidazole rings is 1. The Hall–Kier alpha value is -4.09. The number of rotatable bonds is 7. The number of carbonyl (C=O) groups is 1. The van der Waals surface area contributed by atoms with Crippen LogP contribution < -0.4 is 4.72 Å². The van der Waals surface area contributed by atoms with Gasteiger partial charge in [-0.25, -0.2) is 18.1 Å². The van der Waals surface area contributed by atoms with E-state index >= 15 is 0 Å². The van der Waals surface area contributed by atoms with Crippen LogP contribution in [-0.4, -0.2) is 50.8 Å². The number of carbonyl (C=O) groups excluding carboxylic acids is 1. The Kier molecular flexibility index (Phi) is 6.72. The lowest BCUT2D eigenvalue weighted by atomic mass is 9.98. The minimum Gasteiger partial charge on any atom is -0.323 e. The molecule has 3 aromatic carbocycles. The minimum absolute atomic E-state index is 0.240. The van der Waals surface area contributed by atoms with Gasteiger partial charge < -0.3 is 4.57 Å². The fraction of sp³-hybridized carbons (Fsp3) is 0.192. The third-order valence-corrected chi connectivity index (χ3v) is 7.09. The van der Waals surface area contributed by atoms with Gasteiger partial charge in [-0.05, 0) is 52.6 Å². The molecule has 194 valence electrons.